The first-order chi connectivity index (χ1) is 9.60. The van der Waals surface area contributed by atoms with Gasteiger partial charge in [0.05, 0.1) is 12.1 Å². The lowest BCUT2D eigenvalue weighted by atomic mass is 10.1. The van der Waals surface area contributed by atoms with Gasteiger partial charge in [0.25, 0.3) is 0 Å². The van der Waals surface area contributed by atoms with Gasteiger partial charge in [-0.1, -0.05) is 19.1 Å². The third kappa shape index (κ3) is 3.85. The van der Waals surface area contributed by atoms with Gasteiger partial charge in [-0.25, -0.2) is 9.37 Å². The van der Waals surface area contributed by atoms with E-state index >= 15 is 0 Å². The van der Waals surface area contributed by atoms with Gasteiger partial charge in [-0.2, -0.15) is 0 Å². The number of hydrogen-bond donors (Lipinski definition) is 2. The second kappa shape index (κ2) is 6.92. The van der Waals surface area contributed by atoms with E-state index in [2.05, 4.69) is 17.2 Å². The highest BCUT2D eigenvalue weighted by Crippen LogP contribution is 2.22. The SMILES string of the molecule is CC[C@H](NC[C@@H](O)c1ccc(F)cc1)c1nc(C)cs1. The summed E-state index contributed by atoms with van der Waals surface area (Å²) < 4.78 is 12.8. The molecule has 0 amide bonds. The highest BCUT2D eigenvalue weighted by atomic mass is 32.1. The molecule has 0 fully saturated rings. The zero-order valence-electron chi connectivity index (χ0n) is 11.6. The maximum absolute atomic E-state index is 12.8. The number of aliphatic hydroxyl groups excluding tert-OH is 1. The van der Waals surface area contributed by atoms with E-state index in [1.807, 2.05) is 12.3 Å². The number of aryl methyl sites for hydroxylation is 1. The van der Waals surface area contributed by atoms with Crippen molar-refractivity contribution >= 4 is 11.3 Å². The highest BCUT2D eigenvalue weighted by molar-refractivity contribution is 7.09. The molecule has 0 aliphatic carbocycles. The fourth-order valence-corrected chi connectivity index (χ4v) is 2.95. The van der Waals surface area contributed by atoms with Gasteiger partial charge in [0.1, 0.15) is 10.8 Å². The molecule has 2 N–H and O–H groups in total. The van der Waals surface area contributed by atoms with Gasteiger partial charge in [0.15, 0.2) is 0 Å². The third-order valence-electron chi connectivity index (χ3n) is 3.16. The first-order valence-corrected chi connectivity index (χ1v) is 7.57. The lowest BCUT2D eigenvalue weighted by Gasteiger charge is -2.18. The second-order valence-corrected chi connectivity index (χ2v) is 5.65. The molecule has 0 unspecified atom stereocenters. The van der Waals surface area contributed by atoms with Crippen LogP contribution in [0.4, 0.5) is 4.39 Å². The molecule has 108 valence electrons. The Labute approximate surface area is 122 Å². The molecule has 0 aliphatic rings. The van der Waals surface area contributed by atoms with Crippen molar-refractivity contribution in [3.05, 3.63) is 51.7 Å². The largest absolute Gasteiger partial charge is 0.387 e. The van der Waals surface area contributed by atoms with Gasteiger partial charge in [-0.15, -0.1) is 11.3 Å². The average molecular weight is 294 g/mol. The Bertz CT molecular complexity index is 541. The van der Waals surface area contributed by atoms with E-state index in [0.717, 1.165) is 17.1 Å². The van der Waals surface area contributed by atoms with Gasteiger partial charge in [0.2, 0.25) is 0 Å². The van der Waals surface area contributed by atoms with E-state index in [-0.39, 0.29) is 11.9 Å². The van der Waals surface area contributed by atoms with Crippen LogP contribution in [0.15, 0.2) is 29.6 Å². The van der Waals surface area contributed by atoms with Crippen LogP contribution in [-0.4, -0.2) is 16.6 Å². The van der Waals surface area contributed by atoms with Crippen LogP contribution in [-0.2, 0) is 0 Å². The summed E-state index contributed by atoms with van der Waals surface area (Å²) >= 11 is 1.63. The maximum atomic E-state index is 12.8. The number of hydrogen-bond acceptors (Lipinski definition) is 4. The molecule has 0 aliphatic heterocycles. The monoisotopic (exact) mass is 294 g/mol. The molecular formula is C15H19FN2OS. The minimum Gasteiger partial charge on any atom is -0.387 e. The quantitative estimate of drug-likeness (QED) is 0.858. The maximum Gasteiger partial charge on any atom is 0.123 e. The molecule has 1 aromatic carbocycles. The van der Waals surface area contributed by atoms with E-state index in [0.29, 0.717) is 12.1 Å². The Hall–Kier alpha value is -1.30. The Kier molecular flexibility index (Phi) is 5.23. The van der Waals surface area contributed by atoms with Gasteiger partial charge < -0.3 is 10.4 Å². The molecule has 20 heavy (non-hydrogen) atoms. The third-order valence-corrected chi connectivity index (χ3v) is 4.23. The summed E-state index contributed by atoms with van der Waals surface area (Å²) in [6, 6.07) is 6.08. The fraction of sp³-hybridized carbons (Fsp3) is 0.400. The molecule has 1 heterocycles. The van der Waals surface area contributed by atoms with Crippen LogP contribution in [0.2, 0.25) is 0 Å². The summed E-state index contributed by atoms with van der Waals surface area (Å²) in [5.74, 6) is -0.293. The van der Waals surface area contributed by atoms with Gasteiger partial charge in [0, 0.05) is 17.6 Å². The Morgan fingerprint density at radius 1 is 1.35 bits per heavy atom. The Morgan fingerprint density at radius 2 is 2.05 bits per heavy atom. The van der Waals surface area contributed by atoms with Crippen molar-refractivity contribution in [2.45, 2.75) is 32.4 Å². The molecule has 0 spiro atoms. The predicted octanol–water partition coefficient (Wildman–Crippen LogP) is 3.36. The van der Waals surface area contributed by atoms with Crippen LogP contribution in [0.5, 0.6) is 0 Å². The summed E-state index contributed by atoms with van der Waals surface area (Å²) in [6.07, 6.45) is 0.258. The number of nitrogens with one attached hydrogen (secondary N) is 1. The summed E-state index contributed by atoms with van der Waals surface area (Å²) in [4.78, 5) is 4.47. The van der Waals surface area contributed by atoms with Crippen LogP contribution < -0.4 is 5.32 Å². The minimum absolute atomic E-state index is 0.142. The molecule has 1 aromatic heterocycles. The van der Waals surface area contributed by atoms with Crippen molar-refractivity contribution in [1.29, 1.82) is 0 Å². The topological polar surface area (TPSA) is 45.1 Å². The highest BCUT2D eigenvalue weighted by Gasteiger charge is 2.15. The van der Waals surface area contributed by atoms with Crippen molar-refractivity contribution in [2.24, 2.45) is 0 Å². The van der Waals surface area contributed by atoms with Crippen LogP contribution in [0.1, 0.15) is 41.8 Å². The van der Waals surface area contributed by atoms with E-state index in [1.165, 1.54) is 12.1 Å². The molecule has 0 saturated heterocycles. The molecule has 2 atom stereocenters. The number of aliphatic hydroxyl groups is 1. The fourth-order valence-electron chi connectivity index (χ4n) is 2.00. The van der Waals surface area contributed by atoms with Crippen molar-refractivity contribution in [1.82, 2.24) is 10.3 Å². The molecular weight excluding hydrogens is 275 g/mol. The van der Waals surface area contributed by atoms with Crippen LogP contribution in [0.25, 0.3) is 0 Å². The molecule has 5 heteroatoms. The van der Waals surface area contributed by atoms with Crippen molar-refractivity contribution in [3.8, 4) is 0 Å². The first kappa shape index (κ1) is 15.1. The Morgan fingerprint density at radius 3 is 2.60 bits per heavy atom. The van der Waals surface area contributed by atoms with Gasteiger partial charge >= 0.3 is 0 Å². The zero-order valence-corrected chi connectivity index (χ0v) is 12.5. The van der Waals surface area contributed by atoms with E-state index < -0.39 is 6.10 Å². The molecule has 2 aromatic rings. The van der Waals surface area contributed by atoms with E-state index in [1.54, 1.807) is 23.5 Å². The number of halogens is 1. The number of benzene rings is 1. The van der Waals surface area contributed by atoms with E-state index in [9.17, 15) is 9.50 Å². The molecule has 0 radical (unpaired) electrons. The van der Waals surface area contributed by atoms with Crippen LogP contribution >= 0.6 is 11.3 Å². The smallest absolute Gasteiger partial charge is 0.123 e. The first-order valence-electron chi connectivity index (χ1n) is 6.69. The number of aromatic nitrogens is 1. The van der Waals surface area contributed by atoms with E-state index in [4.69, 9.17) is 0 Å². The zero-order chi connectivity index (χ0) is 14.5. The molecule has 3 nitrogen and oxygen atoms in total. The number of nitrogens with zero attached hydrogens (tertiary/aromatic N) is 1. The van der Waals surface area contributed by atoms with Crippen molar-refractivity contribution in [2.75, 3.05) is 6.54 Å². The predicted molar refractivity (Wildman–Crippen MR) is 79.2 cm³/mol. The van der Waals surface area contributed by atoms with Gasteiger partial charge in [-0.3, -0.25) is 0 Å². The number of rotatable bonds is 6. The lowest BCUT2D eigenvalue weighted by molar-refractivity contribution is 0.169. The van der Waals surface area contributed by atoms with Gasteiger partial charge in [-0.05, 0) is 31.0 Å². The molecule has 2 rings (SSSR count). The van der Waals surface area contributed by atoms with Crippen LogP contribution in [0, 0.1) is 12.7 Å². The Balaban J connectivity index is 1.94. The standard InChI is InChI=1S/C15H19FN2OS/c1-3-13(15-18-10(2)9-20-15)17-8-14(19)11-4-6-12(16)7-5-11/h4-7,9,13-14,17,19H,3,8H2,1-2H3/t13-,14+/m0/s1. The second-order valence-electron chi connectivity index (χ2n) is 4.76. The summed E-state index contributed by atoms with van der Waals surface area (Å²) in [6.45, 7) is 4.47. The molecule has 0 saturated carbocycles. The molecule has 0 bridgehead atoms. The summed E-state index contributed by atoms with van der Waals surface area (Å²) in [5, 5.41) is 16.5. The lowest BCUT2D eigenvalue weighted by Crippen LogP contribution is -2.26. The summed E-state index contributed by atoms with van der Waals surface area (Å²) in [5.41, 5.74) is 1.73. The normalized spacial score (nSPS) is 14.2. The van der Waals surface area contributed by atoms with Crippen molar-refractivity contribution < 1.29 is 9.50 Å². The summed E-state index contributed by atoms with van der Waals surface area (Å²) in [7, 11) is 0. The minimum atomic E-state index is -0.647. The van der Waals surface area contributed by atoms with Crippen molar-refractivity contribution in [3.63, 3.8) is 0 Å². The van der Waals surface area contributed by atoms with Crippen LogP contribution in [0.3, 0.4) is 0 Å². The average Bonchev–Trinajstić information content (AvgIpc) is 2.86. The number of thiazole rings is 1.